The number of ether oxygens (including phenoxy) is 1. The molecule has 5 heteroatoms. The number of amides is 1. The average molecular weight is 267 g/mol. The summed E-state index contributed by atoms with van der Waals surface area (Å²) < 4.78 is 10.2. The lowest BCUT2D eigenvalue weighted by molar-refractivity contribution is -0.133. The van der Waals surface area contributed by atoms with E-state index in [1.54, 1.807) is 6.07 Å². The molecule has 0 fully saturated rings. The fourth-order valence-electron chi connectivity index (χ4n) is 1.50. The van der Waals surface area contributed by atoms with E-state index in [1.807, 2.05) is 34.6 Å². The molecule has 5 nitrogen and oxygen atoms in total. The number of esters is 1. The molecule has 106 valence electrons. The number of hydrogen-bond acceptors (Lipinski definition) is 4. The van der Waals surface area contributed by atoms with Crippen LogP contribution in [-0.2, 0) is 9.53 Å². The van der Waals surface area contributed by atoms with Crippen molar-refractivity contribution in [3.05, 3.63) is 24.2 Å². The van der Waals surface area contributed by atoms with Crippen LogP contribution in [0.5, 0.6) is 0 Å². The highest BCUT2D eigenvalue weighted by atomic mass is 16.6. The van der Waals surface area contributed by atoms with E-state index < -0.39 is 12.1 Å². The molecule has 1 amide bonds. The molecule has 0 saturated heterocycles. The van der Waals surface area contributed by atoms with Crippen molar-refractivity contribution in [1.29, 1.82) is 0 Å². The first-order chi connectivity index (χ1) is 8.70. The van der Waals surface area contributed by atoms with Gasteiger partial charge in [0.25, 0.3) is 5.91 Å². The number of furan rings is 1. The van der Waals surface area contributed by atoms with Crippen LogP contribution in [0.1, 0.15) is 45.2 Å². The quantitative estimate of drug-likeness (QED) is 0.850. The molecule has 0 saturated carbocycles. The number of rotatable bonds is 4. The van der Waals surface area contributed by atoms with Gasteiger partial charge in [0.15, 0.2) is 6.10 Å². The van der Waals surface area contributed by atoms with Gasteiger partial charge in [-0.15, -0.1) is 0 Å². The Bertz CT molecular complexity index is 429. The largest absolute Gasteiger partial charge is 0.457 e. The first kappa shape index (κ1) is 15.3. The van der Waals surface area contributed by atoms with Gasteiger partial charge in [0.1, 0.15) is 0 Å². The van der Waals surface area contributed by atoms with Crippen molar-refractivity contribution in [3.63, 3.8) is 0 Å². The van der Waals surface area contributed by atoms with E-state index in [0.717, 1.165) is 0 Å². The van der Waals surface area contributed by atoms with E-state index >= 15 is 0 Å². The summed E-state index contributed by atoms with van der Waals surface area (Å²) in [5, 5.41) is 2.80. The van der Waals surface area contributed by atoms with Gasteiger partial charge in [0, 0.05) is 5.54 Å². The highest BCUT2D eigenvalue weighted by Gasteiger charge is 2.30. The van der Waals surface area contributed by atoms with E-state index in [2.05, 4.69) is 5.32 Å². The van der Waals surface area contributed by atoms with E-state index in [9.17, 15) is 9.59 Å². The van der Waals surface area contributed by atoms with Crippen molar-refractivity contribution in [2.75, 3.05) is 0 Å². The number of nitrogens with one attached hydrogen (secondary N) is 1. The Kier molecular flexibility index (Phi) is 4.75. The molecule has 0 radical (unpaired) electrons. The number of carbonyl (C=O) groups excluding carboxylic acids is 2. The second-order valence-corrected chi connectivity index (χ2v) is 5.79. The van der Waals surface area contributed by atoms with Crippen LogP contribution in [0.4, 0.5) is 0 Å². The molecule has 1 unspecified atom stereocenters. The molecule has 1 rings (SSSR count). The fraction of sp³-hybridized carbons (Fsp3) is 0.571. The van der Waals surface area contributed by atoms with Crippen LogP contribution in [0.3, 0.4) is 0 Å². The fourth-order valence-corrected chi connectivity index (χ4v) is 1.50. The smallest absolute Gasteiger partial charge is 0.375 e. The molecule has 1 N–H and O–H groups in total. The Labute approximate surface area is 113 Å². The monoisotopic (exact) mass is 267 g/mol. The van der Waals surface area contributed by atoms with Crippen LogP contribution >= 0.6 is 0 Å². The SMILES string of the molecule is CC(C)C(OC(=O)c1ccco1)C(=O)NC(C)(C)C. The third-order valence-electron chi connectivity index (χ3n) is 2.32. The summed E-state index contributed by atoms with van der Waals surface area (Å²) in [6, 6.07) is 3.09. The van der Waals surface area contributed by atoms with Crippen LogP contribution in [0.25, 0.3) is 0 Å². The second kappa shape index (κ2) is 5.91. The molecule has 0 bridgehead atoms. The van der Waals surface area contributed by atoms with E-state index in [1.165, 1.54) is 12.3 Å². The minimum Gasteiger partial charge on any atom is -0.457 e. The lowest BCUT2D eigenvalue weighted by atomic mass is 10.0. The van der Waals surface area contributed by atoms with Crippen molar-refractivity contribution in [3.8, 4) is 0 Å². The summed E-state index contributed by atoms with van der Waals surface area (Å²) in [6.45, 7) is 9.26. The van der Waals surface area contributed by atoms with E-state index in [0.29, 0.717) is 0 Å². The normalized spacial score (nSPS) is 13.2. The van der Waals surface area contributed by atoms with Crippen LogP contribution in [-0.4, -0.2) is 23.5 Å². The third kappa shape index (κ3) is 4.77. The predicted octanol–water partition coefficient (Wildman–Crippen LogP) is 2.38. The first-order valence-electron chi connectivity index (χ1n) is 6.27. The predicted molar refractivity (Wildman–Crippen MR) is 70.6 cm³/mol. The Morgan fingerprint density at radius 3 is 2.37 bits per heavy atom. The molecule has 19 heavy (non-hydrogen) atoms. The number of hydrogen-bond donors (Lipinski definition) is 1. The zero-order chi connectivity index (χ0) is 14.6. The van der Waals surface area contributed by atoms with Crippen molar-refractivity contribution in [2.45, 2.75) is 46.3 Å². The lowest BCUT2D eigenvalue weighted by Gasteiger charge is -2.26. The van der Waals surface area contributed by atoms with E-state index in [-0.39, 0.29) is 23.1 Å². The highest BCUT2D eigenvalue weighted by molar-refractivity contribution is 5.90. The maximum atomic E-state index is 12.1. The van der Waals surface area contributed by atoms with Gasteiger partial charge in [-0.1, -0.05) is 13.8 Å². The Hall–Kier alpha value is -1.78. The summed E-state index contributed by atoms with van der Waals surface area (Å²) in [6.07, 6.45) is 0.549. The molecule has 1 aromatic rings. The maximum Gasteiger partial charge on any atom is 0.375 e. The third-order valence-corrected chi connectivity index (χ3v) is 2.32. The maximum absolute atomic E-state index is 12.1. The van der Waals surface area contributed by atoms with Crippen LogP contribution in [0.15, 0.2) is 22.8 Å². The molecule has 0 aliphatic heterocycles. The summed E-state index contributed by atoms with van der Waals surface area (Å²) >= 11 is 0. The first-order valence-corrected chi connectivity index (χ1v) is 6.27. The minimum absolute atomic E-state index is 0.0919. The van der Waals surface area contributed by atoms with Gasteiger partial charge in [-0.2, -0.15) is 0 Å². The molecule has 1 heterocycles. The van der Waals surface area contributed by atoms with Crippen molar-refractivity contribution in [2.24, 2.45) is 5.92 Å². The van der Waals surface area contributed by atoms with Crippen molar-refractivity contribution < 1.29 is 18.7 Å². The topological polar surface area (TPSA) is 68.5 Å². The Morgan fingerprint density at radius 2 is 1.95 bits per heavy atom. The summed E-state index contributed by atoms with van der Waals surface area (Å²) in [4.78, 5) is 23.9. The van der Waals surface area contributed by atoms with Crippen LogP contribution in [0.2, 0.25) is 0 Å². The Balaban J connectivity index is 2.73. The zero-order valence-electron chi connectivity index (χ0n) is 12.0. The summed E-state index contributed by atoms with van der Waals surface area (Å²) in [5.74, 6) is -0.967. The highest BCUT2D eigenvalue weighted by Crippen LogP contribution is 2.13. The van der Waals surface area contributed by atoms with Crippen LogP contribution < -0.4 is 5.32 Å². The molecule has 0 aliphatic carbocycles. The van der Waals surface area contributed by atoms with Gasteiger partial charge in [-0.3, -0.25) is 4.79 Å². The lowest BCUT2D eigenvalue weighted by Crippen LogP contribution is -2.48. The average Bonchev–Trinajstić information content (AvgIpc) is 2.75. The molecule has 1 atom stereocenters. The molecule has 1 aromatic heterocycles. The minimum atomic E-state index is -0.836. The standard InChI is InChI=1S/C14H21NO4/c1-9(2)11(12(16)15-14(3,4)5)19-13(17)10-7-6-8-18-10/h6-9,11H,1-5H3,(H,15,16). The second-order valence-electron chi connectivity index (χ2n) is 5.79. The van der Waals surface area contributed by atoms with Crippen molar-refractivity contribution in [1.82, 2.24) is 5.32 Å². The molecule has 0 aliphatic rings. The number of carbonyl (C=O) groups is 2. The summed E-state index contributed by atoms with van der Waals surface area (Å²) in [5.41, 5.74) is -0.374. The van der Waals surface area contributed by atoms with Crippen LogP contribution in [0, 0.1) is 5.92 Å². The van der Waals surface area contributed by atoms with Gasteiger partial charge in [-0.25, -0.2) is 4.79 Å². The van der Waals surface area contributed by atoms with Gasteiger partial charge >= 0.3 is 5.97 Å². The van der Waals surface area contributed by atoms with Gasteiger partial charge in [0.05, 0.1) is 6.26 Å². The molecular formula is C14H21NO4. The molecule has 0 spiro atoms. The van der Waals surface area contributed by atoms with E-state index in [4.69, 9.17) is 9.15 Å². The van der Waals surface area contributed by atoms with Gasteiger partial charge in [-0.05, 0) is 38.8 Å². The van der Waals surface area contributed by atoms with Gasteiger partial charge < -0.3 is 14.5 Å². The molecular weight excluding hydrogens is 246 g/mol. The van der Waals surface area contributed by atoms with Crippen molar-refractivity contribution >= 4 is 11.9 Å². The van der Waals surface area contributed by atoms with Gasteiger partial charge in [0.2, 0.25) is 5.76 Å². The summed E-state index contributed by atoms with van der Waals surface area (Å²) in [7, 11) is 0. The zero-order valence-corrected chi connectivity index (χ0v) is 12.0. The molecule has 0 aromatic carbocycles. The Morgan fingerprint density at radius 1 is 1.32 bits per heavy atom.